The third-order valence-electron chi connectivity index (χ3n) is 4.06. The average molecular weight is 365 g/mol. The van der Waals surface area contributed by atoms with E-state index in [1.165, 1.54) is 12.1 Å². The molecule has 8 heteroatoms. The third kappa shape index (κ3) is 3.82. The second-order valence-corrected chi connectivity index (χ2v) is 6.13. The molecule has 0 radical (unpaired) electrons. The number of aromatic nitrogens is 2. The lowest BCUT2D eigenvalue weighted by Crippen LogP contribution is -2.49. The largest absolute Gasteiger partial charge is 0.481 e. The van der Waals surface area contributed by atoms with Crippen molar-refractivity contribution in [3.8, 4) is 5.88 Å². The highest BCUT2D eigenvalue weighted by Crippen LogP contribution is 2.22. The molecule has 1 aliphatic heterocycles. The summed E-state index contributed by atoms with van der Waals surface area (Å²) in [6.45, 7) is 4.12. The molecule has 0 unspecified atom stereocenters. The first-order chi connectivity index (χ1) is 12.0. The maximum atomic E-state index is 13.1. The molecule has 25 heavy (non-hydrogen) atoms. The first-order valence-corrected chi connectivity index (χ1v) is 8.24. The Morgan fingerprint density at radius 3 is 2.56 bits per heavy atom. The molecule has 1 fully saturated rings. The van der Waals surface area contributed by atoms with E-state index in [2.05, 4.69) is 14.9 Å². The topological polar surface area (TPSA) is 58.6 Å². The molecule has 132 valence electrons. The van der Waals surface area contributed by atoms with Crippen LogP contribution in [-0.4, -0.2) is 54.1 Å². The maximum absolute atomic E-state index is 13.1. The molecule has 0 atom stereocenters. The summed E-state index contributed by atoms with van der Waals surface area (Å²) in [7, 11) is 1.56. The number of hydrogen-bond donors (Lipinski definition) is 0. The van der Waals surface area contributed by atoms with Crippen LogP contribution in [-0.2, 0) is 0 Å². The maximum Gasteiger partial charge on any atom is 0.255 e. The number of piperazine rings is 1. The summed E-state index contributed by atoms with van der Waals surface area (Å²) in [5, 5.41) is 0.128. The lowest BCUT2D eigenvalue weighted by atomic mass is 10.1. The van der Waals surface area contributed by atoms with Crippen molar-refractivity contribution in [1.29, 1.82) is 0 Å². The summed E-state index contributed by atoms with van der Waals surface area (Å²) in [5.41, 5.74) is 0.316. The molecule has 2 aromatic rings. The van der Waals surface area contributed by atoms with Gasteiger partial charge >= 0.3 is 0 Å². The van der Waals surface area contributed by atoms with Crippen LogP contribution in [0.1, 0.15) is 16.2 Å². The van der Waals surface area contributed by atoms with E-state index in [0.29, 0.717) is 43.4 Å². The standard InChI is InChI=1S/C17H18ClFN4O2/c1-11-20-15(10-16(21-11)25-2)22-5-7-23(8-6-22)17(24)13-4-3-12(19)9-14(13)18/h3-4,9-10H,5-8H2,1-2H3. The molecular formula is C17H18ClFN4O2. The average Bonchev–Trinajstić information content (AvgIpc) is 2.61. The summed E-state index contributed by atoms with van der Waals surface area (Å²) < 4.78 is 18.3. The van der Waals surface area contributed by atoms with Crippen LogP contribution in [0.3, 0.4) is 0 Å². The molecule has 2 heterocycles. The predicted octanol–water partition coefficient (Wildman–Crippen LogP) is 2.55. The van der Waals surface area contributed by atoms with E-state index in [0.717, 1.165) is 11.9 Å². The minimum absolute atomic E-state index is 0.128. The highest BCUT2D eigenvalue weighted by molar-refractivity contribution is 6.33. The molecule has 0 saturated carbocycles. The van der Waals surface area contributed by atoms with Gasteiger partial charge in [-0.15, -0.1) is 0 Å². The Labute approximate surface area is 150 Å². The van der Waals surface area contributed by atoms with Crippen LogP contribution in [0, 0.1) is 12.7 Å². The molecule has 1 saturated heterocycles. The van der Waals surface area contributed by atoms with E-state index in [1.54, 1.807) is 18.1 Å². The van der Waals surface area contributed by atoms with Crippen molar-refractivity contribution in [2.24, 2.45) is 0 Å². The van der Waals surface area contributed by atoms with Crippen LogP contribution < -0.4 is 9.64 Å². The smallest absolute Gasteiger partial charge is 0.255 e. The second kappa shape index (κ2) is 7.23. The number of ether oxygens (including phenoxy) is 1. The van der Waals surface area contributed by atoms with Gasteiger partial charge in [-0.1, -0.05) is 11.6 Å². The number of nitrogens with zero attached hydrogens (tertiary/aromatic N) is 4. The van der Waals surface area contributed by atoms with E-state index in [9.17, 15) is 9.18 Å². The van der Waals surface area contributed by atoms with E-state index < -0.39 is 5.82 Å². The van der Waals surface area contributed by atoms with Crippen LogP contribution >= 0.6 is 11.6 Å². The van der Waals surface area contributed by atoms with Gasteiger partial charge in [-0.05, 0) is 25.1 Å². The fourth-order valence-electron chi connectivity index (χ4n) is 2.76. The van der Waals surface area contributed by atoms with Crippen molar-refractivity contribution in [3.63, 3.8) is 0 Å². The number of benzene rings is 1. The zero-order chi connectivity index (χ0) is 18.0. The zero-order valence-corrected chi connectivity index (χ0v) is 14.8. The molecular weight excluding hydrogens is 347 g/mol. The first-order valence-electron chi connectivity index (χ1n) is 7.87. The lowest BCUT2D eigenvalue weighted by Gasteiger charge is -2.35. The van der Waals surface area contributed by atoms with Crippen molar-refractivity contribution in [2.45, 2.75) is 6.92 Å². The zero-order valence-electron chi connectivity index (χ0n) is 14.0. The third-order valence-corrected chi connectivity index (χ3v) is 4.38. The number of hydrogen-bond acceptors (Lipinski definition) is 5. The summed E-state index contributed by atoms with van der Waals surface area (Å²) in [4.78, 5) is 25.0. The number of methoxy groups -OCH3 is 1. The summed E-state index contributed by atoms with van der Waals surface area (Å²) in [5.74, 6) is 1.27. The molecule has 1 aromatic carbocycles. The highest BCUT2D eigenvalue weighted by atomic mass is 35.5. The number of anilines is 1. The number of rotatable bonds is 3. The SMILES string of the molecule is COc1cc(N2CCN(C(=O)c3ccc(F)cc3Cl)CC2)nc(C)n1. The van der Waals surface area contributed by atoms with Crippen molar-refractivity contribution in [2.75, 3.05) is 38.2 Å². The molecule has 0 aliphatic carbocycles. The fraction of sp³-hybridized carbons (Fsp3) is 0.353. The van der Waals surface area contributed by atoms with E-state index in [4.69, 9.17) is 16.3 Å². The van der Waals surface area contributed by atoms with Gasteiger partial charge in [-0.2, -0.15) is 4.98 Å². The second-order valence-electron chi connectivity index (χ2n) is 5.72. The normalized spacial score (nSPS) is 14.6. The molecule has 6 nitrogen and oxygen atoms in total. The van der Waals surface area contributed by atoms with Gasteiger partial charge in [0.2, 0.25) is 5.88 Å². The fourth-order valence-corrected chi connectivity index (χ4v) is 3.01. The number of carbonyl (C=O) groups excluding carboxylic acids is 1. The van der Waals surface area contributed by atoms with Gasteiger partial charge in [0.05, 0.1) is 17.7 Å². The number of aryl methyl sites for hydroxylation is 1. The number of halogens is 2. The van der Waals surface area contributed by atoms with Crippen LogP contribution in [0.4, 0.5) is 10.2 Å². The van der Waals surface area contributed by atoms with Crippen LogP contribution in [0.5, 0.6) is 5.88 Å². The van der Waals surface area contributed by atoms with Crippen LogP contribution in [0.25, 0.3) is 0 Å². The highest BCUT2D eigenvalue weighted by Gasteiger charge is 2.24. The summed E-state index contributed by atoms with van der Waals surface area (Å²) in [6, 6.07) is 5.60. The van der Waals surface area contributed by atoms with Gasteiger partial charge in [-0.3, -0.25) is 4.79 Å². The van der Waals surface area contributed by atoms with Crippen molar-refractivity contribution < 1.29 is 13.9 Å². The van der Waals surface area contributed by atoms with Gasteiger partial charge in [0.15, 0.2) is 0 Å². The monoisotopic (exact) mass is 364 g/mol. The Morgan fingerprint density at radius 2 is 1.92 bits per heavy atom. The summed E-state index contributed by atoms with van der Waals surface area (Å²) >= 11 is 5.99. The predicted molar refractivity (Wildman–Crippen MR) is 92.8 cm³/mol. The number of carbonyl (C=O) groups is 1. The van der Waals surface area contributed by atoms with Gasteiger partial charge in [0.1, 0.15) is 17.5 Å². The minimum atomic E-state index is -0.459. The van der Waals surface area contributed by atoms with Crippen LogP contribution in [0.15, 0.2) is 24.3 Å². The number of amides is 1. The molecule has 0 bridgehead atoms. The van der Waals surface area contributed by atoms with Gasteiger partial charge in [0, 0.05) is 32.2 Å². The van der Waals surface area contributed by atoms with Crippen molar-refractivity contribution >= 4 is 23.3 Å². The molecule has 1 amide bonds. The Hall–Kier alpha value is -2.41. The minimum Gasteiger partial charge on any atom is -0.481 e. The Balaban J connectivity index is 1.69. The van der Waals surface area contributed by atoms with E-state index in [1.807, 2.05) is 6.92 Å². The lowest BCUT2D eigenvalue weighted by molar-refractivity contribution is 0.0746. The van der Waals surface area contributed by atoms with E-state index in [-0.39, 0.29) is 10.9 Å². The van der Waals surface area contributed by atoms with Gasteiger partial charge in [0.25, 0.3) is 5.91 Å². The van der Waals surface area contributed by atoms with E-state index >= 15 is 0 Å². The molecule has 1 aromatic heterocycles. The molecule has 1 aliphatic rings. The van der Waals surface area contributed by atoms with Gasteiger partial charge < -0.3 is 14.5 Å². The Morgan fingerprint density at radius 1 is 1.20 bits per heavy atom. The molecule has 0 N–H and O–H groups in total. The quantitative estimate of drug-likeness (QED) is 0.837. The van der Waals surface area contributed by atoms with Crippen LogP contribution in [0.2, 0.25) is 5.02 Å². The summed E-state index contributed by atoms with van der Waals surface area (Å²) in [6.07, 6.45) is 0. The first kappa shape index (κ1) is 17.4. The molecule has 3 rings (SSSR count). The Bertz CT molecular complexity index is 794. The van der Waals surface area contributed by atoms with Gasteiger partial charge in [-0.25, -0.2) is 9.37 Å². The Kier molecular flexibility index (Phi) is 5.03. The molecule has 0 spiro atoms. The van der Waals surface area contributed by atoms with Crippen molar-refractivity contribution in [3.05, 3.63) is 46.5 Å². The van der Waals surface area contributed by atoms with Crippen molar-refractivity contribution in [1.82, 2.24) is 14.9 Å².